The van der Waals surface area contributed by atoms with Crippen molar-refractivity contribution in [1.82, 2.24) is 19.5 Å². The number of fused-ring (bicyclic) bond motifs is 1. The molecule has 0 aliphatic carbocycles. The summed E-state index contributed by atoms with van der Waals surface area (Å²) in [6.45, 7) is 1.36. The molecule has 1 aliphatic rings. The molecule has 132 valence electrons. The fourth-order valence-electron chi connectivity index (χ4n) is 2.47. The number of imidazole rings is 1. The van der Waals surface area contributed by atoms with Gasteiger partial charge in [0.2, 0.25) is 5.95 Å². The van der Waals surface area contributed by atoms with Crippen molar-refractivity contribution in [3.63, 3.8) is 0 Å². The third kappa shape index (κ3) is 3.07. The van der Waals surface area contributed by atoms with Crippen LogP contribution < -0.4 is 11.3 Å². The average molecular weight is 361 g/mol. The number of hydrogen-bond donors (Lipinski definition) is 5. The molecular formula is C11H16N5O7P. The maximum Gasteiger partial charge on any atom is 0.351 e. The molecule has 13 heteroatoms. The Hall–Kier alpha value is -1.82. The molecule has 0 amide bonds. The first-order valence-electron chi connectivity index (χ1n) is 6.86. The Morgan fingerprint density at radius 1 is 1.62 bits per heavy atom. The summed E-state index contributed by atoms with van der Waals surface area (Å²) in [5.74, 6) is -1.73. The van der Waals surface area contributed by atoms with Crippen LogP contribution in [0.15, 0.2) is 11.1 Å². The Labute approximate surface area is 134 Å². The van der Waals surface area contributed by atoms with Crippen molar-refractivity contribution in [2.75, 3.05) is 12.1 Å². The summed E-state index contributed by atoms with van der Waals surface area (Å²) in [4.78, 5) is 39.8. The lowest BCUT2D eigenvalue weighted by Crippen LogP contribution is -2.39. The highest BCUT2D eigenvalue weighted by molar-refractivity contribution is 7.51. The minimum Gasteiger partial charge on any atom is -0.387 e. The first-order valence-corrected chi connectivity index (χ1v) is 8.65. The molecule has 3 rings (SSSR count). The Bertz CT molecular complexity index is 875. The number of nitrogen functional groups attached to an aromatic ring is 1. The predicted octanol–water partition coefficient (Wildman–Crippen LogP) is -1.15. The number of rotatable bonds is 4. The van der Waals surface area contributed by atoms with Crippen molar-refractivity contribution < 1.29 is 28.9 Å². The lowest BCUT2D eigenvalue weighted by Gasteiger charge is -2.28. The van der Waals surface area contributed by atoms with Gasteiger partial charge in [0.15, 0.2) is 23.3 Å². The van der Waals surface area contributed by atoms with Crippen molar-refractivity contribution in [2.45, 2.75) is 31.5 Å². The summed E-state index contributed by atoms with van der Waals surface area (Å²) in [6, 6.07) is 0. The summed E-state index contributed by atoms with van der Waals surface area (Å²) >= 11 is 0. The predicted molar refractivity (Wildman–Crippen MR) is 79.7 cm³/mol. The Kier molecular flexibility index (Phi) is 3.98. The number of aromatic amines is 1. The van der Waals surface area contributed by atoms with Crippen molar-refractivity contribution in [2.24, 2.45) is 0 Å². The average Bonchev–Trinajstić information content (AvgIpc) is 2.99. The number of aromatic nitrogens is 4. The van der Waals surface area contributed by atoms with E-state index < -0.39 is 37.6 Å². The van der Waals surface area contributed by atoms with E-state index >= 15 is 0 Å². The second-order valence-corrected chi connectivity index (χ2v) is 7.14. The number of aliphatic hydroxyl groups is 1. The van der Waals surface area contributed by atoms with Crippen LogP contribution in [-0.4, -0.2) is 52.7 Å². The van der Waals surface area contributed by atoms with E-state index in [0.717, 1.165) is 0 Å². The monoisotopic (exact) mass is 361 g/mol. The maximum absolute atomic E-state index is 11.8. The van der Waals surface area contributed by atoms with Crippen molar-refractivity contribution in [3.8, 4) is 0 Å². The molecule has 0 spiro atoms. The number of hydrogen-bond acceptors (Lipinski definition) is 8. The van der Waals surface area contributed by atoms with Crippen molar-refractivity contribution >= 4 is 24.7 Å². The van der Waals surface area contributed by atoms with E-state index in [1.54, 1.807) is 0 Å². The second-order valence-electron chi connectivity index (χ2n) is 5.55. The van der Waals surface area contributed by atoms with Crippen LogP contribution in [0.4, 0.5) is 5.95 Å². The number of nitrogens with zero attached hydrogens (tertiary/aromatic N) is 3. The van der Waals surface area contributed by atoms with Crippen LogP contribution in [0.3, 0.4) is 0 Å². The highest BCUT2D eigenvalue weighted by Crippen LogP contribution is 2.42. The SMILES string of the molecule is C[C@]1(OCP(=O)(O)O)O[C@@H](n2cnc3c(=O)[nH]c(N)nc32)C[C@@H]1O. The van der Waals surface area contributed by atoms with Crippen LogP contribution in [0, 0.1) is 0 Å². The number of nitrogens with two attached hydrogens (primary N) is 1. The van der Waals surface area contributed by atoms with Gasteiger partial charge in [-0.25, -0.2) is 4.98 Å². The zero-order valence-electron chi connectivity index (χ0n) is 12.5. The maximum atomic E-state index is 11.8. The number of H-pyrrole nitrogens is 1. The van der Waals surface area contributed by atoms with Crippen molar-refractivity contribution in [3.05, 3.63) is 16.7 Å². The van der Waals surface area contributed by atoms with Gasteiger partial charge in [0.05, 0.1) is 6.33 Å². The number of anilines is 1. The summed E-state index contributed by atoms with van der Waals surface area (Å²) in [6.07, 6.45) is -1.52. The molecule has 3 atom stereocenters. The third-order valence-electron chi connectivity index (χ3n) is 3.68. The quantitative estimate of drug-likeness (QED) is 0.416. The third-order valence-corrected chi connectivity index (χ3v) is 4.15. The molecule has 24 heavy (non-hydrogen) atoms. The molecule has 1 fully saturated rings. The standard InChI is InChI=1S/C11H16N5O7P/c1-11(22-4-24(19,20)21)5(17)2-6(23-11)16-3-13-7-8(16)14-10(12)15-9(7)18/h3,5-6,17H,2,4H2,1H3,(H2,19,20,21)(H3,12,14,15,18)/t5-,6+,11-/m0/s1. The zero-order chi connectivity index (χ0) is 17.7. The van der Waals surface area contributed by atoms with Gasteiger partial charge in [0.1, 0.15) is 12.3 Å². The molecule has 1 saturated heterocycles. The zero-order valence-corrected chi connectivity index (χ0v) is 13.4. The molecule has 2 aromatic rings. The molecule has 0 saturated carbocycles. The largest absolute Gasteiger partial charge is 0.387 e. The minimum absolute atomic E-state index is 0.0392. The number of nitrogens with one attached hydrogen (secondary N) is 1. The number of aliphatic hydroxyl groups excluding tert-OH is 1. The van der Waals surface area contributed by atoms with Crippen LogP contribution in [0.2, 0.25) is 0 Å². The van der Waals surface area contributed by atoms with Gasteiger partial charge >= 0.3 is 7.60 Å². The molecule has 0 unspecified atom stereocenters. The molecule has 2 aromatic heterocycles. The molecule has 3 heterocycles. The normalized spacial score (nSPS) is 27.8. The fraction of sp³-hybridized carbons (Fsp3) is 0.545. The van der Waals surface area contributed by atoms with Gasteiger partial charge in [-0.15, -0.1) is 0 Å². The van der Waals surface area contributed by atoms with Crippen LogP contribution in [-0.2, 0) is 14.0 Å². The first-order chi connectivity index (χ1) is 11.1. The molecule has 0 aromatic carbocycles. The van der Waals surface area contributed by atoms with Crippen LogP contribution in [0.25, 0.3) is 11.2 Å². The van der Waals surface area contributed by atoms with E-state index in [-0.39, 0.29) is 23.5 Å². The van der Waals surface area contributed by atoms with E-state index in [1.165, 1.54) is 17.8 Å². The van der Waals surface area contributed by atoms with E-state index in [1.807, 2.05) is 0 Å². The molecule has 12 nitrogen and oxygen atoms in total. The lowest BCUT2D eigenvalue weighted by molar-refractivity contribution is -0.247. The van der Waals surface area contributed by atoms with Crippen molar-refractivity contribution in [1.29, 1.82) is 0 Å². The molecule has 6 N–H and O–H groups in total. The van der Waals surface area contributed by atoms with Gasteiger partial charge in [0.25, 0.3) is 5.56 Å². The van der Waals surface area contributed by atoms with E-state index in [2.05, 4.69) is 15.0 Å². The molecule has 1 aliphatic heterocycles. The Balaban J connectivity index is 1.90. The van der Waals surface area contributed by atoms with Gasteiger partial charge < -0.3 is 30.1 Å². The van der Waals surface area contributed by atoms with Gasteiger partial charge in [-0.3, -0.25) is 18.9 Å². The highest BCUT2D eigenvalue weighted by Gasteiger charge is 2.47. The van der Waals surface area contributed by atoms with Gasteiger partial charge in [0, 0.05) is 6.42 Å². The van der Waals surface area contributed by atoms with Crippen LogP contribution >= 0.6 is 7.60 Å². The topological polar surface area (TPSA) is 186 Å². The van der Waals surface area contributed by atoms with Gasteiger partial charge in [-0.1, -0.05) is 0 Å². The van der Waals surface area contributed by atoms with Gasteiger partial charge in [-0.05, 0) is 6.92 Å². The summed E-state index contributed by atoms with van der Waals surface area (Å²) < 4.78 is 23.0. The summed E-state index contributed by atoms with van der Waals surface area (Å²) in [5.41, 5.74) is 5.21. The van der Waals surface area contributed by atoms with Gasteiger partial charge in [-0.2, -0.15) is 4.98 Å². The van der Waals surface area contributed by atoms with E-state index in [0.29, 0.717) is 0 Å². The molecule has 0 bridgehead atoms. The highest BCUT2D eigenvalue weighted by atomic mass is 31.2. The lowest BCUT2D eigenvalue weighted by atomic mass is 10.1. The smallest absolute Gasteiger partial charge is 0.351 e. The second kappa shape index (κ2) is 5.62. The first kappa shape index (κ1) is 17.0. The minimum atomic E-state index is -4.43. The Morgan fingerprint density at radius 2 is 2.33 bits per heavy atom. The van der Waals surface area contributed by atoms with Crippen LogP contribution in [0.5, 0.6) is 0 Å². The summed E-state index contributed by atoms with van der Waals surface area (Å²) in [7, 11) is -4.43. The summed E-state index contributed by atoms with van der Waals surface area (Å²) in [5, 5.41) is 10.1. The van der Waals surface area contributed by atoms with E-state index in [9.17, 15) is 14.5 Å². The Morgan fingerprint density at radius 3 is 3.00 bits per heavy atom. The molecule has 0 radical (unpaired) electrons. The van der Waals surface area contributed by atoms with Crippen LogP contribution in [0.1, 0.15) is 19.6 Å². The molecular weight excluding hydrogens is 345 g/mol. The fourth-order valence-corrected chi connectivity index (χ4v) is 2.89. The number of ether oxygens (including phenoxy) is 2. The van der Waals surface area contributed by atoms with E-state index in [4.69, 9.17) is 25.0 Å².